The molecule has 10 heavy (non-hydrogen) atoms. The number of carboxylic acids is 2. The summed E-state index contributed by atoms with van der Waals surface area (Å²) < 4.78 is 0. The normalized spacial score (nSPS) is 6.20. The summed E-state index contributed by atoms with van der Waals surface area (Å²) in [7, 11) is 0. The Morgan fingerprint density at radius 2 is 1.50 bits per heavy atom. The van der Waals surface area contributed by atoms with E-state index in [1.807, 2.05) is 0 Å². The average Bonchev–Trinajstić information content (AvgIpc) is 1.65. The van der Waals surface area contributed by atoms with E-state index in [4.69, 9.17) is 15.0 Å². The van der Waals surface area contributed by atoms with Gasteiger partial charge >= 0.3 is 5.97 Å². The van der Waals surface area contributed by atoms with E-state index in [-0.39, 0.29) is 12.7 Å². The molecule has 7 N–H and O–H groups in total. The first-order valence-corrected chi connectivity index (χ1v) is 2.12. The first-order chi connectivity index (χ1) is 4.00. The largest absolute Gasteiger partial charge is 0.481 e. The highest BCUT2D eigenvalue weighted by Gasteiger charge is 1.81. The number of rotatable bonds is 1. The second kappa shape index (κ2) is 10.8. The van der Waals surface area contributed by atoms with Crippen molar-refractivity contribution in [2.75, 3.05) is 6.54 Å². The Hall–Kier alpha value is -1.14. The van der Waals surface area contributed by atoms with E-state index >= 15 is 0 Å². The van der Waals surface area contributed by atoms with E-state index in [0.717, 1.165) is 6.92 Å². The number of carbonyl (C=O) groups is 2. The summed E-state index contributed by atoms with van der Waals surface area (Å²) in [6, 6.07) is 0. The van der Waals surface area contributed by atoms with E-state index in [9.17, 15) is 4.79 Å². The molecule has 0 aromatic heterocycles. The summed E-state index contributed by atoms with van der Waals surface area (Å²) >= 11 is 0. The van der Waals surface area contributed by atoms with Gasteiger partial charge in [-0.15, -0.1) is 0 Å². The van der Waals surface area contributed by atoms with Gasteiger partial charge in [0.05, 0.1) is 6.54 Å². The Morgan fingerprint density at radius 1 is 1.40 bits per heavy atom. The number of nitrogens with two attached hydrogens (primary N) is 1. The molecular weight excluding hydrogens is 140 g/mol. The summed E-state index contributed by atoms with van der Waals surface area (Å²) in [6.07, 6.45) is 0. The molecule has 0 unspecified atom stereocenters. The first-order valence-electron chi connectivity index (χ1n) is 2.12. The first kappa shape index (κ1) is 15.9. The molecule has 0 aromatic carbocycles. The fourth-order valence-electron chi connectivity index (χ4n) is 0. The highest BCUT2D eigenvalue weighted by molar-refractivity contribution is 5.68. The molecule has 0 saturated carbocycles. The smallest absolute Gasteiger partial charge is 0.317 e. The predicted octanol–water partition coefficient (Wildman–Crippen LogP) is -0.717. The highest BCUT2D eigenvalue weighted by Crippen LogP contribution is 1.43. The molecule has 0 amide bonds. The average molecular weight is 152 g/mol. The molecule has 0 heterocycles. The summed E-state index contributed by atoms with van der Waals surface area (Å²) in [5.74, 6) is -1.80. The van der Waals surface area contributed by atoms with Crippen LogP contribution in [0, 0.1) is 0 Å². The second-order valence-electron chi connectivity index (χ2n) is 1.12. The van der Waals surface area contributed by atoms with Gasteiger partial charge in [0, 0.05) is 6.92 Å². The maximum Gasteiger partial charge on any atom is 0.317 e. The monoisotopic (exact) mass is 152 g/mol. The molecule has 0 rings (SSSR count). The van der Waals surface area contributed by atoms with Crippen molar-refractivity contribution in [3.63, 3.8) is 0 Å². The van der Waals surface area contributed by atoms with Crippen LogP contribution in [0.3, 0.4) is 0 Å². The van der Waals surface area contributed by atoms with Gasteiger partial charge in [-0.25, -0.2) is 0 Å². The van der Waals surface area contributed by atoms with Gasteiger partial charge in [-0.1, -0.05) is 0 Å². The molecule has 0 bridgehead atoms. The Kier molecular flexibility index (Phi) is 17.2. The van der Waals surface area contributed by atoms with Crippen LogP contribution in [0.1, 0.15) is 6.92 Å². The van der Waals surface area contributed by atoms with E-state index in [1.165, 1.54) is 0 Å². The van der Waals surface area contributed by atoms with Crippen LogP contribution in [0.2, 0.25) is 0 Å². The third-order valence-electron chi connectivity index (χ3n) is 0.175. The molecule has 0 aliphatic heterocycles. The molecule has 0 aliphatic carbocycles. The van der Waals surface area contributed by atoms with Gasteiger partial charge in [0.25, 0.3) is 5.97 Å². The third-order valence-corrected chi connectivity index (χ3v) is 0.175. The minimum atomic E-state index is -0.968. The molecule has 0 spiro atoms. The number of carboxylic acid groups (broad SMARTS) is 2. The van der Waals surface area contributed by atoms with Crippen molar-refractivity contribution in [3.05, 3.63) is 0 Å². The summed E-state index contributed by atoms with van der Waals surface area (Å²) in [5.41, 5.74) is 4.57. The van der Waals surface area contributed by atoms with Gasteiger partial charge in [-0.05, 0) is 0 Å². The molecule has 62 valence electrons. The van der Waals surface area contributed by atoms with Crippen LogP contribution in [-0.2, 0) is 9.59 Å². The van der Waals surface area contributed by atoms with Crippen LogP contribution in [0.4, 0.5) is 0 Å². The lowest BCUT2D eigenvalue weighted by Gasteiger charge is -1.73. The zero-order valence-corrected chi connectivity index (χ0v) is 5.70. The van der Waals surface area contributed by atoms with Gasteiger partial charge in [-0.3, -0.25) is 9.59 Å². The third kappa shape index (κ3) is 319. The van der Waals surface area contributed by atoms with E-state index in [2.05, 4.69) is 5.73 Å². The SMILES string of the molecule is CC(=O)O.N.NCC(=O)O. The quantitative estimate of drug-likeness (QED) is 0.391. The second-order valence-corrected chi connectivity index (χ2v) is 1.12. The van der Waals surface area contributed by atoms with Gasteiger partial charge in [0.2, 0.25) is 0 Å². The van der Waals surface area contributed by atoms with Crippen molar-refractivity contribution in [1.82, 2.24) is 6.15 Å². The van der Waals surface area contributed by atoms with Crippen molar-refractivity contribution < 1.29 is 19.8 Å². The lowest BCUT2D eigenvalue weighted by Crippen LogP contribution is -2.10. The molecular formula is C4H12N2O4. The fourth-order valence-corrected chi connectivity index (χ4v) is 0. The van der Waals surface area contributed by atoms with Crippen LogP contribution in [0.15, 0.2) is 0 Å². The molecule has 0 fully saturated rings. The Labute approximate surface area is 58.2 Å². The number of aliphatic carboxylic acids is 2. The highest BCUT2D eigenvalue weighted by atomic mass is 16.4. The lowest BCUT2D eigenvalue weighted by atomic mass is 10.7. The molecule has 6 nitrogen and oxygen atoms in total. The number of hydrogen-bond acceptors (Lipinski definition) is 4. The lowest BCUT2D eigenvalue weighted by molar-refractivity contribution is -0.136. The van der Waals surface area contributed by atoms with E-state index < -0.39 is 11.9 Å². The molecule has 0 aliphatic rings. The van der Waals surface area contributed by atoms with Gasteiger partial charge < -0.3 is 22.1 Å². The van der Waals surface area contributed by atoms with E-state index in [0.29, 0.717) is 0 Å². The Balaban J connectivity index is -0.0000000910. The maximum absolute atomic E-state index is 9.24. The van der Waals surface area contributed by atoms with Crippen LogP contribution in [0.25, 0.3) is 0 Å². The zero-order chi connectivity index (χ0) is 7.86. The molecule has 0 radical (unpaired) electrons. The van der Waals surface area contributed by atoms with Gasteiger partial charge in [0.1, 0.15) is 0 Å². The summed E-state index contributed by atoms with van der Waals surface area (Å²) in [4.78, 5) is 18.2. The minimum absolute atomic E-state index is 0. The van der Waals surface area contributed by atoms with Crippen molar-refractivity contribution in [2.45, 2.75) is 6.92 Å². The molecule has 0 aromatic rings. The molecule has 0 atom stereocenters. The molecule has 0 saturated heterocycles. The van der Waals surface area contributed by atoms with Crippen molar-refractivity contribution in [2.24, 2.45) is 5.73 Å². The van der Waals surface area contributed by atoms with Crippen LogP contribution < -0.4 is 11.9 Å². The summed E-state index contributed by atoms with van der Waals surface area (Å²) in [5, 5.41) is 15.0. The van der Waals surface area contributed by atoms with Crippen molar-refractivity contribution in [3.8, 4) is 0 Å². The zero-order valence-electron chi connectivity index (χ0n) is 5.70. The van der Waals surface area contributed by atoms with Crippen LogP contribution in [0.5, 0.6) is 0 Å². The minimum Gasteiger partial charge on any atom is -0.481 e. The van der Waals surface area contributed by atoms with Crippen molar-refractivity contribution in [1.29, 1.82) is 0 Å². The van der Waals surface area contributed by atoms with Crippen molar-refractivity contribution >= 4 is 11.9 Å². The Morgan fingerprint density at radius 3 is 1.50 bits per heavy atom. The predicted molar refractivity (Wildman–Crippen MR) is 35.0 cm³/mol. The standard InChI is InChI=1S/C2H5NO2.C2H4O2.H3N/c3-1-2(4)5;1-2(3)4;/h1,3H2,(H,4,5);1H3,(H,3,4);1H3. The van der Waals surface area contributed by atoms with E-state index in [1.54, 1.807) is 0 Å². The molecule has 6 heteroatoms. The van der Waals surface area contributed by atoms with Gasteiger partial charge in [-0.2, -0.15) is 0 Å². The van der Waals surface area contributed by atoms with Crippen LogP contribution in [-0.4, -0.2) is 28.7 Å². The maximum atomic E-state index is 9.24. The summed E-state index contributed by atoms with van der Waals surface area (Å²) in [6.45, 7) is 0.806. The Bertz CT molecular complexity index is 99.4. The van der Waals surface area contributed by atoms with Gasteiger partial charge in [0.15, 0.2) is 0 Å². The number of hydrogen-bond donors (Lipinski definition) is 4. The fraction of sp³-hybridized carbons (Fsp3) is 0.500. The van der Waals surface area contributed by atoms with Crippen LogP contribution >= 0.6 is 0 Å². The topological polar surface area (TPSA) is 136 Å².